The Morgan fingerprint density at radius 2 is 1.14 bits per heavy atom. The smallest absolute Gasteiger partial charge is 0.306 e. The average molecular weight is 636 g/mol. The van der Waals surface area contributed by atoms with E-state index in [1.807, 2.05) is 21.1 Å². The number of aliphatic hydroxyl groups excluding tert-OH is 1. The number of carbonyl (C=O) groups is 2. The molecule has 0 saturated carbocycles. The number of Topliss-reactive ketones (excluding diaryl/α,β-unsaturated/α-hetero) is 1. The molecule has 43 heavy (non-hydrogen) atoms. The van der Waals surface area contributed by atoms with Gasteiger partial charge in [0.2, 0.25) is 0 Å². The number of nitrogens with zero attached hydrogens (tertiary/aromatic N) is 1. The Morgan fingerprint density at radius 1 is 0.721 bits per heavy atom. The van der Waals surface area contributed by atoms with Crippen LogP contribution in [0, 0.1) is 0 Å². The van der Waals surface area contributed by atoms with Gasteiger partial charge in [-0.05, 0) is 12.8 Å². The topological polar surface area (TPSA) is 122 Å². The van der Waals surface area contributed by atoms with E-state index in [0.29, 0.717) is 23.9 Å². The predicted octanol–water partition coefficient (Wildman–Crippen LogP) is 7.27. The molecule has 2 unspecified atom stereocenters. The van der Waals surface area contributed by atoms with Gasteiger partial charge in [0.1, 0.15) is 13.2 Å². The number of ketones is 1. The lowest BCUT2D eigenvalue weighted by Crippen LogP contribution is -2.43. The molecule has 1 N–H and O–H groups in total. The van der Waals surface area contributed by atoms with Crippen LogP contribution in [-0.4, -0.2) is 74.5 Å². The lowest BCUT2D eigenvalue weighted by molar-refractivity contribution is -0.870. The summed E-state index contributed by atoms with van der Waals surface area (Å²) in [5.41, 5.74) is 0. The number of ether oxygens (including phenoxy) is 1. The van der Waals surface area contributed by atoms with E-state index in [1.54, 1.807) is 0 Å². The summed E-state index contributed by atoms with van der Waals surface area (Å²) in [6.45, 7) is 3.97. The maximum atomic E-state index is 13.1. The summed E-state index contributed by atoms with van der Waals surface area (Å²) in [4.78, 5) is 38.3. The van der Waals surface area contributed by atoms with Crippen LogP contribution in [0.15, 0.2) is 0 Å². The molecule has 0 radical (unpaired) electrons. The maximum Gasteiger partial charge on any atom is 0.306 e. The number of aliphatic hydroxyl groups is 1. The van der Waals surface area contributed by atoms with Crippen LogP contribution in [-0.2, 0) is 27.9 Å². The quantitative estimate of drug-likeness (QED) is 0.0365. The summed E-state index contributed by atoms with van der Waals surface area (Å²) < 4.78 is 28.7. The Morgan fingerprint density at radius 3 is 1.56 bits per heavy atom. The summed E-state index contributed by atoms with van der Waals surface area (Å²) in [7, 11) is 0.797. The van der Waals surface area contributed by atoms with E-state index in [1.165, 1.54) is 70.6 Å². The van der Waals surface area contributed by atoms with Crippen molar-refractivity contribution in [1.29, 1.82) is 0 Å². The van der Waals surface area contributed by atoms with Crippen molar-refractivity contribution < 1.29 is 42.4 Å². The first-order valence-corrected chi connectivity index (χ1v) is 18.7. The number of phosphoric acid groups is 1. The summed E-state index contributed by atoms with van der Waals surface area (Å²) in [5, 5.41) is 10.0. The summed E-state index contributed by atoms with van der Waals surface area (Å²) in [5.74, 6) is -1.09. The molecule has 0 heterocycles. The normalized spacial score (nSPS) is 14.8. The number of rotatable bonds is 31. The monoisotopic (exact) mass is 635 g/mol. The van der Waals surface area contributed by atoms with Crippen molar-refractivity contribution in [2.75, 3.05) is 40.9 Å². The van der Waals surface area contributed by atoms with Gasteiger partial charge in [-0.25, -0.2) is 0 Å². The zero-order valence-electron chi connectivity index (χ0n) is 28.3. The Labute approximate surface area is 263 Å². The third-order valence-electron chi connectivity index (χ3n) is 7.63. The lowest BCUT2D eigenvalue weighted by atomic mass is 10.0. The van der Waals surface area contributed by atoms with Crippen LogP contribution in [0.25, 0.3) is 0 Å². The second-order valence-corrected chi connectivity index (χ2v) is 14.4. The predicted molar refractivity (Wildman–Crippen MR) is 172 cm³/mol. The van der Waals surface area contributed by atoms with Crippen LogP contribution in [0.4, 0.5) is 0 Å². The largest absolute Gasteiger partial charge is 0.756 e. The first kappa shape index (κ1) is 42.2. The number of likely N-dealkylation sites (N-methyl/N-ethyl adjacent to an activating group) is 1. The fourth-order valence-corrected chi connectivity index (χ4v) is 5.76. The van der Waals surface area contributed by atoms with E-state index in [9.17, 15) is 24.2 Å². The highest BCUT2D eigenvalue weighted by molar-refractivity contribution is 7.45. The fourth-order valence-electron chi connectivity index (χ4n) is 4.86. The molecule has 0 aliphatic carbocycles. The maximum absolute atomic E-state index is 13.1. The van der Waals surface area contributed by atoms with Crippen molar-refractivity contribution in [2.45, 2.75) is 161 Å². The number of quaternary nitrogens is 1. The third-order valence-corrected chi connectivity index (χ3v) is 8.62. The second-order valence-electron chi connectivity index (χ2n) is 13.0. The van der Waals surface area contributed by atoms with Gasteiger partial charge >= 0.3 is 5.97 Å². The highest BCUT2D eigenvalue weighted by Gasteiger charge is 2.35. The molecule has 0 saturated heterocycles. The van der Waals surface area contributed by atoms with Gasteiger partial charge in [0.05, 0.1) is 27.7 Å². The summed E-state index contributed by atoms with van der Waals surface area (Å²) in [6, 6.07) is 0. The first-order valence-electron chi connectivity index (χ1n) is 17.2. The first-order chi connectivity index (χ1) is 20.5. The van der Waals surface area contributed by atoms with Crippen LogP contribution in [0.2, 0.25) is 0 Å². The zero-order valence-corrected chi connectivity index (χ0v) is 29.2. The molecule has 0 amide bonds. The number of hydrogen-bond donors (Lipinski definition) is 1. The van der Waals surface area contributed by atoms with Gasteiger partial charge < -0.3 is 28.3 Å². The van der Waals surface area contributed by atoms with Crippen molar-refractivity contribution in [3.8, 4) is 0 Å². The molecule has 0 aliphatic rings. The van der Waals surface area contributed by atoms with Gasteiger partial charge in [-0.2, -0.15) is 0 Å². The SMILES string of the molecule is CCCCCCCCCCCCC(=O)O[C@@H](CO)C(OP(=O)([O-])OCC[N+](C)(C)C)C(=O)CCCCCCCCCCC. The zero-order chi connectivity index (χ0) is 32.4. The molecule has 0 rings (SSSR count). The van der Waals surface area contributed by atoms with Gasteiger partial charge in [0.25, 0.3) is 7.82 Å². The number of phosphoric ester groups is 1. The van der Waals surface area contributed by atoms with Gasteiger partial charge in [0.15, 0.2) is 18.0 Å². The third kappa shape index (κ3) is 26.1. The molecular formula is C33H66NO8P. The minimum atomic E-state index is -4.89. The van der Waals surface area contributed by atoms with E-state index < -0.39 is 38.4 Å². The molecule has 0 bridgehead atoms. The van der Waals surface area contributed by atoms with Crippen LogP contribution >= 0.6 is 7.82 Å². The highest BCUT2D eigenvalue weighted by Crippen LogP contribution is 2.41. The van der Waals surface area contributed by atoms with Crippen molar-refractivity contribution in [3.05, 3.63) is 0 Å². The molecule has 0 fully saturated rings. The van der Waals surface area contributed by atoms with E-state index >= 15 is 0 Å². The Hall–Kier alpha value is -0.830. The molecule has 3 atom stereocenters. The van der Waals surface area contributed by atoms with E-state index in [4.69, 9.17) is 13.8 Å². The van der Waals surface area contributed by atoms with Crippen molar-refractivity contribution in [3.63, 3.8) is 0 Å². The molecule has 0 aromatic rings. The standard InChI is InChI=1S/C33H66NO8P/c1-6-8-10-12-14-16-18-20-22-24-26-32(37)41-31(29-35)33(42-43(38,39)40-28-27-34(3,4)5)30(36)25-23-21-19-17-15-13-11-9-7-2/h31,33,35H,6-29H2,1-5H3/t31-,33?/m0/s1. The van der Waals surface area contributed by atoms with Crippen molar-refractivity contribution in [1.82, 2.24) is 0 Å². The molecule has 0 spiro atoms. The van der Waals surface area contributed by atoms with Crippen LogP contribution in [0.1, 0.15) is 149 Å². The average Bonchev–Trinajstić information content (AvgIpc) is 2.94. The van der Waals surface area contributed by atoms with Crippen LogP contribution in [0.3, 0.4) is 0 Å². The molecule has 256 valence electrons. The van der Waals surface area contributed by atoms with Crippen molar-refractivity contribution in [2.24, 2.45) is 0 Å². The van der Waals surface area contributed by atoms with E-state index in [-0.39, 0.29) is 19.4 Å². The summed E-state index contributed by atoms with van der Waals surface area (Å²) >= 11 is 0. The minimum absolute atomic E-state index is 0.0753. The Balaban J connectivity index is 4.86. The van der Waals surface area contributed by atoms with E-state index in [0.717, 1.165) is 38.5 Å². The van der Waals surface area contributed by atoms with Crippen molar-refractivity contribution >= 4 is 19.6 Å². The van der Waals surface area contributed by atoms with Gasteiger partial charge in [-0.3, -0.25) is 14.2 Å². The van der Waals surface area contributed by atoms with Gasteiger partial charge in [-0.1, -0.05) is 123 Å². The van der Waals surface area contributed by atoms with Crippen LogP contribution in [0.5, 0.6) is 0 Å². The highest BCUT2D eigenvalue weighted by atomic mass is 31.2. The van der Waals surface area contributed by atoms with Gasteiger partial charge in [0, 0.05) is 12.8 Å². The van der Waals surface area contributed by atoms with E-state index in [2.05, 4.69) is 13.8 Å². The second kappa shape index (κ2) is 26.4. The lowest BCUT2D eigenvalue weighted by Gasteiger charge is -2.32. The number of unbranched alkanes of at least 4 members (excludes halogenated alkanes) is 17. The molecule has 0 aromatic heterocycles. The number of carbonyl (C=O) groups excluding carboxylic acids is 2. The molecule has 0 aliphatic heterocycles. The Kier molecular flexibility index (Phi) is 25.9. The number of esters is 1. The van der Waals surface area contributed by atoms with Crippen LogP contribution < -0.4 is 4.89 Å². The van der Waals surface area contributed by atoms with Gasteiger partial charge in [-0.15, -0.1) is 0 Å². The number of hydrogen-bond acceptors (Lipinski definition) is 8. The fraction of sp³-hybridized carbons (Fsp3) is 0.939. The Bertz CT molecular complexity index is 743. The molecular weight excluding hydrogens is 569 g/mol. The minimum Gasteiger partial charge on any atom is -0.756 e. The molecule has 0 aromatic carbocycles. The summed E-state index contributed by atoms with van der Waals surface area (Å²) in [6.07, 6.45) is 18.1. The molecule has 10 heteroatoms. The molecule has 9 nitrogen and oxygen atoms in total.